The van der Waals surface area contributed by atoms with E-state index in [1.54, 1.807) is 60.7 Å². The molecule has 2 aliphatic rings. The number of halogens is 6. The second kappa shape index (κ2) is 15.7. The summed E-state index contributed by atoms with van der Waals surface area (Å²) in [6.07, 6.45) is -5.99. The fourth-order valence-electron chi connectivity index (χ4n) is 7.65. The molecule has 0 bridgehead atoms. The molecule has 0 aromatic heterocycles. The minimum absolute atomic E-state index is 0.0791. The normalized spacial score (nSPS) is 17.7. The van der Waals surface area contributed by atoms with Gasteiger partial charge in [0.1, 0.15) is 17.7 Å². The fraction of sp³-hybridized carbons (Fsp3) is 0.350. The van der Waals surface area contributed by atoms with Crippen molar-refractivity contribution >= 4 is 21.9 Å². The van der Waals surface area contributed by atoms with Crippen LogP contribution in [0.4, 0.5) is 26.3 Å². The molecule has 2 N–H and O–H groups in total. The molecule has 0 spiro atoms. The van der Waals surface area contributed by atoms with Crippen molar-refractivity contribution in [3.63, 3.8) is 0 Å². The summed E-state index contributed by atoms with van der Waals surface area (Å²) in [6.45, 7) is 0.321. The third kappa shape index (κ3) is 8.99. The van der Waals surface area contributed by atoms with E-state index in [0.29, 0.717) is 78.7 Å². The summed E-state index contributed by atoms with van der Waals surface area (Å²) >= 11 is 0. The van der Waals surface area contributed by atoms with Gasteiger partial charge in [0.2, 0.25) is 5.91 Å². The number of hydrogen-bond donors (Lipinski definition) is 2. The number of likely N-dealkylation sites (tertiary alicyclic amines) is 1. The van der Waals surface area contributed by atoms with Crippen molar-refractivity contribution in [2.24, 2.45) is 0 Å². The van der Waals surface area contributed by atoms with Gasteiger partial charge >= 0.3 is 22.5 Å². The lowest BCUT2D eigenvalue weighted by Gasteiger charge is -2.34. The minimum Gasteiger partial charge on any atom is -0.382 e. The van der Waals surface area contributed by atoms with Crippen LogP contribution in [0.3, 0.4) is 0 Å². The van der Waals surface area contributed by atoms with Crippen molar-refractivity contribution in [2.45, 2.75) is 55.9 Å². The van der Waals surface area contributed by atoms with E-state index < -0.39 is 45.9 Å². The van der Waals surface area contributed by atoms with E-state index in [1.165, 1.54) is 18.2 Å². The van der Waals surface area contributed by atoms with Crippen LogP contribution in [0, 0.1) is 0 Å². The smallest absolute Gasteiger partial charge is 0.382 e. The van der Waals surface area contributed by atoms with Crippen molar-refractivity contribution < 1.29 is 48.5 Å². The number of nitrogens with zero attached hydrogens (tertiary/aromatic N) is 1. The van der Waals surface area contributed by atoms with E-state index in [2.05, 4.69) is 15.5 Å². The summed E-state index contributed by atoms with van der Waals surface area (Å²) in [6, 6.07) is 22.7. The molecule has 4 aromatic rings. The van der Waals surface area contributed by atoms with Gasteiger partial charge in [0.05, 0.1) is 11.8 Å². The average Bonchev–Trinajstić information content (AvgIpc) is 3.43. The first kappa shape index (κ1) is 39.8. The van der Waals surface area contributed by atoms with Gasteiger partial charge in [0.25, 0.3) is 5.91 Å². The SMILES string of the molecule is CS(=O)(=O)Oc1cccc2c1C(CCCCN1CCC(NC(=O)c3ccccc3-c3ccc(C(F)(F)F)cc3)CC1)(C(=O)NCC(F)(F)F)c1ccccc1-2. The van der Waals surface area contributed by atoms with Crippen LogP contribution in [0.15, 0.2) is 91.0 Å². The lowest BCUT2D eigenvalue weighted by molar-refractivity contribution is -0.141. The summed E-state index contributed by atoms with van der Waals surface area (Å²) < 4.78 is 109. The summed E-state index contributed by atoms with van der Waals surface area (Å²) in [7, 11) is -4.07. The molecule has 1 atom stereocenters. The average molecular weight is 788 g/mol. The Balaban J connectivity index is 1.11. The Labute approximate surface area is 315 Å². The Kier molecular flexibility index (Phi) is 11.4. The zero-order valence-corrected chi connectivity index (χ0v) is 30.6. The number of nitrogens with one attached hydrogen (secondary N) is 2. The molecule has 1 aliphatic carbocycles. The topological polar surface area (TPSA) is 105 Å². The van der Waals surface area contributed by atoms with Crippen LogP contribution in [0.5, 0.6) is 5.75 Å². The fourth-order valence-corrected chi connectivity index (χ4v) is 8.12. The number of carbonyl (C=O) groups excluding carboxylic acids is 2. The van der Waals surface area contributed by atoms with E-state index >= 15 is 0 Å². The second-order valence-electron chi connectivity index (χ2n) is 13.9. The molecule has 0 saturated carbocycles. The molecule has 0 radical (unpaired) electrons. The number of benzene rings is 4. The standard InChI is InChI=1S/C40H39F6N3O5S/c1-55(52,53)54-34-14-8-12-31-30-10-4-5-13-33(30)38(35(31)34,37(51)47-25-39(41,42)43)21-6-7-22-49-23-19-28(20-24-49)48-36(50)32-11-3-2-9-29(32)26-15-17-27(18-16-26)40(44,45)46/h2-5,8-18,28H,6-7,19-25H2,1H3,(H,47,51)(H,48,50). The molecule has 292 valence electrons. The van der Waals surface area contributed by atoms with Gasteiger partial charge in [-0.2, -0.15) is 34.8 Å². The molecule has 1 saturated heterocycles. The largest absolute Gasteiger partial charge is 0.416 e. The van der Waals surface area contributed by atoms with Gasteiger partial charge in [-0.3, -0.25) is 9.59 Å². The predicted molar refractivity (Wildman–Crippen MR) is 195 cm³/mol. The number of carbonyl (C=O) groups is 2. The van der Waals surface area contributed by atoms with Crippen molar-refractivity contribution in [3.05, 3.63) is 113 Å². The molecule has 1 heterocycles. The summed E-state index contributed by atoms with van der Waals surface area (Å²) in [5, 5.41) is 5.13. The monoisotopic (exact) mass is 787 g/mol. The molecule has 1 aliphatic heterocycles. The highest BCUT2D eigenvalue weighted by atomic mass is 32.2. The lowest BCUT2D eigenvalue weighted by atomic mass is 9.73. The van der Waals surface area contributed by atoms with Crippen LogP contribution in [-0.4, -0.2) is 69.8 Å². The number of rotatable bonds is 12. The minimum atomic E-state index is -4.68. The van der Waals surface area contributed by atoms with E-state index in [9.17, 15) is 44.3 Å². The predicted octanol–water partition coefficient (Wildman–Crippen LogP) is 7.72. The molecule has 8 nitrogen and oxygen atoms in total. The molecule has 15 heteroatoms. The Bertz CT molecular complexity index is 2150. The summed E-state index contributed by atoms with van der Waals surface area (Å²) in [5.74, 6) is -1.36. The third-order valence-corrected chi connectivity index (χ3v) is 10.6. The maximum Gasteiger partial charge on any atom is 0.416 e. The van der Waals surface area contributed by atoms with Gasteiger partial charge in [0.15, 0.2) is 0 Å². The van der Waals surface area contributed by atoms with Crippen molar-refractivity contribution in [1.29, 1.82) is 0 Å². The van der Waals surface area contributed by atoms with Crippen molar-refractivity contribution in [1.82, 2.24) is 15.5 Å². The first-order valence-electron chi connectivity index (χ1n) is 17.7. The number of unbranched alkanes of at least 4 members (excludes halogenated alkanes) is 1. The zero-order chi connectivity index (χ0) is 39.6. The first-order chi connectivity index (χ1) is 26.0. The van der Waals surface area contributed by atoms with Crippen LogP contribution >= 0.6 is 0 Å². The quantitative estimate of drug-likeness (QED) is 0.0867. The molecule has 1 fully saturated rings. The summed E-state index contributed by atoms with van der Waals surface area (Å²) in [5.41, 5.74) is 0.678. The lowest BCUT2D eigenvalue weighted by Crippen LogP contribution is -2.47. The van der Waals surface area contributed by atoms with Crippen LogP contribution in [0.25, 0.3) is 22.3 Å². The van der Waals surface area contributed by atoms with Gasteiger partial charge in [-0.25, -0.2) is 0 Å². The van der Waals surface area contributed by atoms with Gasteiger partial charge in [-0.05, 0) is 84.3 Å². The van der Waals surface area contributed by atoms with Gasteiger partial charge in [-0.15, -0.1) is 0 Å². The molecular weight excluding hydrogens is 749 g/mol. The van der Waals surface area contributed by atoms with E-state index in [1.807, 2.05) is 0 Å². The van der Waals surface area contributed by atoms with Crippen molar-refractivity contribution in [2.75, 3.05) is 32.4 Å². The number of fused-ring (bicyclic) bond motifs is 3. The van der Waals surface area contributed by atoms with E-state index in [4.69, 9.17) is 4.18 Å². The van der Waals surface area contributed by atoms with Gasteiger partial charge < -0.3 is 19.7 Å². The Hall–Kier alpha value is -4.89. The first-order valence-corrected chi connectivity index (χ1v) is 19.6. The molecule has 6 rings (SSSR count). The number of piperidine rings is 1. The van der Waals surface area contributed by atoms with Crippen LogP contribution < -0.4 is 14.8 Å². The number of amides is 2. The highest BCUT2D eigenvalue weighted by Crippen LogP contribution is 2.55. The molecule has 55 heavy (non-hydrogen) atoms. The maximum atomic E-state index is 14.0. The van der Waals surface area contributed by atoms with Gasteiger partial charge in [0, 0.05) is 30.3 Å². The molecule has 4 aromatic carbocycles. The molecule has 1 unspecified atom stereocenters. The van der Waals surface area contributed by atoms with Crippen LogP contribution in [-0.2, 0) is 26.5 Å². The molecule has 2 amide bonds. The number of hydrogen-bond acceptors (Lipinski definition) is 6. The Morgan fingerprint density at radius 2 is 1.45 bits per heavy atom. The van der Waals surface area contributed by atoms with Crippen LogP contribution in [0.1, 0.15) is 59.2 Å². The Morgan fingerprint density at radius 3 is 2.11 bits per heavy atom. The maximum absolute atomic E-state index is 14.0. The highest BCUT2D eigenvalue weighted by molar-refractivity contribution is 7.86. The third-order valence-electron chi connectivity index (χ3n) is 10.1. The molecular formula is C40H39F6N3O5S. The van der Waals surface area contributed by atoms with Crippen LogP contribution in [0.2, 0.25) is 0 Å². The highest BCUT2D eigenvalue weighted by Gasteiger charge is 2.51. The van der Waals surface area contributed by atoms with Gasteiger partial charge in [-0.1, -0.05) is 73.2 Å². The Morgan fingerprint density at radius 1 is 0.818 bits per heavy atom. The zero-order valence-electron chi connectivity index (χ0n) is 29.8. The second-order valence-corrected chi connectivity index (χ2v) is 15.5. The van der Waals surface area contributed by atoms with E-state index in [0.717, 1.165) is 18.4 Å². The van der Waals surface area contributed by atoms with E-state index in [-0.39, 0.29) is 29.7 Å². The van der Waals surface area contributed by atoms with Crippen molar-refractivity contribution in [3.8, 4) is 28.0 Å². The summed E-state index contributed by atoms with van der Waals surface area (Å²) in [4.78, 5) is 29.6. The number of alkyl halides is 6.